The van der Waals surface area contributed by atoms with E-state index in [1.54, 1.807) is 4.90 Å². The summed E-state index contributed by atoms with van der Waals surface area (Å²) in [5, 5.41) is 3.44. The molecule has 1 unspecified atom stereocenters. The highest BCUT2D eigenvalue weighted by molar-refractivity contribution is 6.28. The Morgan fingerprint density at radius 1 is 1.17 bits per heavy atom. The Labute approximate surface area is 113 Å². The summed E-state index contributed by atoms with van der Waals surface area (Å²) in [5.74, 6) is 1.07. The number of nitrogens with zero attached hydrogens (tertiary/aromatic N) is 5. The Kier molecular flexibility index (Phi) is 5.55. The van der Waals surface area contributed by atoms with E-state index in [-0.39, 0.29) is 11.3 Å². The van der Waals surface area contributed by atoms with E-state index in [2.05, 4.69) is 46.2 Å². The van der Waals surface area contributed by atoms with Crippen molar-refractivity contribution in [3.8, 4) is 0 Å². The molecule has 0 fully saturated rings. The van der Waals surface area contributed by atoms with Crippen LogP contribution in [0.3, 0.4) is 0 Å². The number of anilines is 2. The summed E-state index contributed by atoms with van der Waals surface area (Å²) in [6.45, 7) is 3.10. The molecule has 0 amide bonds. The van der Waals surface area contributed by atoms with Crippen molar-refractivity contribution < 1.29 is 0 Å². The van der Waals surface area contributed by atoms with Gasteiger partial charge in [0.05, 0.1) is 0 Å². The molecule has 0 saturated carbocycles. The van der Waals surface area contributed by atoms with Crippen molar-refractivity contribution in [3.63, 3.8) is 0 Å². The van der Waals surface area contributed by atoms with Crippen molar-refractivity contribution in [1.82, 2.24) is 19.9 Å². The first-order chi connectivity index (χ1) is 8.38. The van der Waals surface area contributed by atoms with Crippen LogP contribution < -0.4 is 10.2 Å². The molecule has 0 radical (unpaired) electrons. The lowest BCUT2D eigenvalue weighted by Gasteiger charge is -2.17. The van der Waals surface area contributed by atoms with Crippen LogP contribution in [0.15, 0.2) is 0 Å². The van der Waals surface area contributed by atoms with Crippen LogP contribution in [0.2, 0.25) is 5.28 Å². The van der Waals surface area contributed by atoms with E-state index >= 15 is 0 Å². The molecule has 1 rings (SSSR count). The summed E-state index contributed by atoms with van der Waals surface area (Å²) in [7, 11) is 7.84. The van der Waals surface area contributed by atoms with Gasteiger partial charge >= 0.3 is 0 Å². The van der Waals surface area contributed by atoms with Gasteiger partial charge in [0.25, 0.3) is 0 Å². The first kappa shape index (κ1) is 14.9. The second-order valence-electron chi connectivity index (χ2n) is 4.76. The highest BCUT2D eigenvalue weighted by atomic mass is 35.5. The zero-order valence-electron chi connectivity index (χ0n) is 11.6. The van der Waals surface area contributed by atoms with Gasteiger partial charge in [-0.1, -0.05) is 0 Å². The third kappa shape index (κ3) is 5.01. The molecule has 102 valence electrons. The standard InChI is InChI=1S/C11H21ClN6/c1-8(6-7-17(2)3)13-10-14-9(12)15-11(16-10)18(4)5/h8H,6-7H2,1-5H3,(H,13,14,15,16). The van der Waals surface area contributed by atoms with Crippen molar-refractivity contribution in [2.75, 3.05) is 45.0 Å². The Morgan fingerprint density at radius 2 is 1.83 bits per heavy atom. The minimum Gasteiger partial charge on any atom is -0.352 e. The van der Waals surface area contributed by atoms with Crippen LogP contribution >= 0.6 is 11.6 Å². The van der Waals surface area contributed by atoms with E-state index in [4.69, 9.17) is 11.6 Å². The summed E-state index contributed by atoms with van der Waals surface area (Å²) < 4.78 is 0. The number of rotatable bonds is 6. The number of hydrogen-bond donors (Lipinski definition) is 1. The molecule has 1 aromatic rings. The van der Waals surface area contributed by atoms with E-state index in [1.807, 2.05) is 14.1 Å². The van der Waals surface area contributed by atoms with Crippen molar-refractivity contribution in [2.45, 2.75) is 19.4 Å². The van der Waals surface area contributed by atoms with Crippen molar-refractivity contribution in [3.05, 3.63) is 5.28 Å². The molecule has 6 nitrogen and oxygen atoms in total. The maximum atomic E-state index is 5.87. The fraction of sp³-hybridized carbons (Fsp3) is 0.727. The summed E-state index contributed by atoms with van der Waals surface area (Å²) >= 11 is 5.87. The molecule has 0 aliphatic carbocycles. The van der Waals surface area contributed by atoms with Crippen LogP contribution in [0.1, 0.15) is 13.3 Å². The van der Waals surface area contributed by atoms with Crippen molar-refractivity contribution in [2.24, 2.45) is 0 Å². The number of hydrogen-bond acceptors (Lipinski definition) is 6. The van der Waals surface area contributed by atoms with Crippen molar-refractivity contribution in [1.29, 1.82) is 0 Å². The van der Waals surface area contributed by atoms with Gasteiger partial charge in [0, 0.05) is 20.1 Å². The van der Waals surface area contributed by atoms with Gasteiger partial charge in [-0.3, -0.25) is 0 Å². The molecule has 7 heteroatoms. The molecule has 1 atom stereocenters. The SMILES string of the molecule is CC(CCN(C)C)Nc1nc(Cl)nc(N(C)C)n1. The largest absolute Gasteiger partial charge is 0.352 e. The Balaban J connectivity index is 2.66. The third-order valence-electron chi connectivity index (χ3n) is 2.38. The molecular weight excluding hydrogens is 252 g/mol. The minimum atomic E-state index is 0.205. The maximum absolute atomic E-state index is 5.87. The Hall–Kier alpha value is -1.14. The van der Waals surface area contributed by atoms with Crippen LogP contribution in [0.25, 0.3) is 0 Å². The lowest BCUT2D eigenvalue weighted by Crippen LogP contribution is -2.24. The zero-order chi connectivity index (χ0) is 13.7. The van der Waals surface area contributed by atoms with Gasteiger partial charge in [0.2, 0.25) is 17.2 Å². The van der Waals surface area contributed by atoms with Gasteiger partial charge in [-0.05, 0) is 45.6 Å². The fourth-order valence-corrected chi connectivity index (χ4v) is 1.50. The van der Waals surface area contributed by atoms with Crippen LogP contribution in [0, 0.1) is 0 Å². The van der Waals surface area contributed by atoms with Crippen molar-refractivity contribution >= 4 is 23.5 Å². The molecule has 0 bridgehead atoms. The van der Waals surface area contributed by atoms with E-state index in [0.29, 0.717) is 11.9 Å². The van der Waals surface area contributed by atoms with E-state index in [1.165, 1.54) is 0 Å². The van der Waals surface area contributed by atoms with Crippen LogP contribution in [0.4, 0.5) is 11.9 Å². The highest BCUT2D eigenvalue weighted by Crippen LogP contribution is 2.12. The molecular formula is C11H21ClN6. The average molecular weight is 273 g/mol. The summed E-state index contributed by atoms with van der Waals surface area (Å²) in [6.07, 6.45) is 1.01. The van der Waals surface area contributed by atoms with Gasteiger partial charge in [-0.15, -0.1) is 0 Å². The predicted molar refractivity (Wildman–Crippen MR) is 75.4 cm³/mol. The smallest absolute Gasteiger partial charge is 0.230 e. The molecule has 0 saturated heterocycles. The van der Waals surface area contributed by atoms with Gasteiger partial charge in [0.15, 0.2) is 0 Å². The van der Waals surface area contributed by atoms with E-state index < -0.39 is 0 Å². The van der Waals surface area contributed by atoms with Gasteiger partial charge in [0.1, 0.15) is 0 Å². The topological polar surface area (TPSA) is 57.2 Å². The number of nitrogens with one attached hydrogen (secondary N) is 1. The van der Waals surface area contributed by atoms with E-state index in [0.717, 1.165) is 13.0 Å². The predicted octanol–water partition coefficient (Wildman–Crippen LogP) is 1.34. The third-order valence-corrected chi connectivity index (χ3v) is 2.55. The van der Waals surface area contributed by atoms with Crippen LogP contribution in [0.5, 0.6) is 0 Å². The van der Waals surface area contributed by atoms with E-state index in [9.17, 15) is 0 Å². The first-order valence-electron chi connectivity index (χ1n) is 5.88. The summed E-state index contributed by atoms with van der Waals surface area (Å²) in [4.78, 5) is 16.3. The van der Waals surface area contributed by atoms with Crippen LogP contribution in [-0.2, 0) is 0 Å². The highest BCUT2D eigenvalue weighted by Gasteiger charge is 2.09. The summed E-state index contributed by atoms with van der Waals surface area (Å²) in [5.41, 5.74) is 0. The van der Waals surface area contributed by atoms with Crippen LogP contribution in [-0.4, -0.2) is 60.6 Å². The Bertz CT molecular complexity index is 382. The minimum absolute atomic E-state index is 0.205. The second kappa shape index (κ2) is 6.70. The normalized spacial score (nSPS) is 12.6. The first-order valence-corrected chi connectivity index (χ1v) is 6.26. The Morgan fingerprint density at radius 3 is 2.39 bits per heavy atom. The average Bonchev–Trinajstić information content (AvgIpc) is 2.25. The molecule has 0 aromatic carbocycles. The lowest BCUT2D eigenvalue weighted by atomic mass is 10.2. The molecule has 0 aliphatic rings. The molecule has 1 N–H and O–H groups in total. The van der Waals surface area contributed by atoms with Gasteiger partial charge in [-0.25, -0.2) is 0 Å². The zero-order valence-corrected chi connectivity index (χ0v) is 12.4. The number of aromatic nitrogens is 3. The number of halogens is 1. The lowest BCUT2D eigenvalue weighted by molar-refractivity contribution is 0.390. The maximum Gasteiger partial charge on any atom is 0.230 e. The monoisotopic (exact) mass is 272 g/mol. The molecule has 1 heterocycles. The molecule has 1 aromatic heterocycles. The van der Waals surface area contributed by atoms with Gasteiger partial charge in [-0.2, -0.15) is 15.0 Å². The second-order valence-corrected chi connectivity index (χ2v) is 5.10. The van der Waals surface area contributed by atoms with Gasteiger partial charge < -0.3 is 15.1 Å². The molecule has 0 aliphatic heterocycles. The quantitative estimate of drug-likeness (QED) is 0.844. The summed E-state index contributed by atoms with van der Waals surface area (Å²) in [6, 6.07) is 0.279. The molecule has 18 heavy (non-hydrogen) atoms. The molecule has 0 spiro atoms. The fourth-order valence-electron chi connectivity index (χ4n) is 1.35.